The average molecular weight is 419 g/mol. The number of nitrogens with zero attached hydrogens (tertiary/aromatic N) is 2. The van der Waals surface area contributed by atoms with E-state index in [0.717, 1.165) is 16.9 Å². The van der Waals surface area contributed by atoms with Crippen LogP contribution >= 0.6 is 11.3 Å². The number of hydrogen-bond acceptors (Lipinski definition) is 2. The summed E-state index contributed by atoms with van der Waals surface area (Å²) in [7, 11) is 0. The lowest BCUT2D eigenvalue weighted by atomic mass is 10.0. The van der Waals surface area contributed by atoms with Crippen LogP contribution in [0.15, 0.2) is 90.3 Å². The van der Waals surface area contributed by atoms with E-state index in [1.54, 1.807) is 11.3 Å². The van der Waals surface area contributed by atoms with Gasteiger partial charge in [0, 0.05) is 26.4 Å². The molecule has 0 unspecified atom stereocenters. The standard InChI is InChI=1S/C28H22N2S/c1-18(2)20-14-15-22-23(17-31-27(22)16-20)28-29-24-11-5-6-12-26(24)30(28)25-13-7-9-19-8-3-4-10-21(19)25/h3-18H,1-2H3. The normalized spacial score (nSPS) is 11.8. The summed E-state index contributed by atoms with van der Waals surface area (Å²) in [5, 5.41) is 6.00. The third-order valence-corrected chi connectivity index (χ3v) is 7.02. The van der Waals surface area contributed by atoms with Gasteiger partial charge in [-0.2, -0.15) is 0 Å². The Bertz CT molecular complexity index is 1560. The van der Waals surface area contributed by atoms with Crippen molar-refractivity contribution in [2.75, 3.05) is 0 Å². The third-order valence-electron chi connectivity index (χ3n) is 6.08. The van der Waals surface area contributed by atoms with E-state index in [-0.39, 0.29) is 0 Å². The Morgan fingerprint density at radius 1 is 0.806 bits per heavy atom. The molecule has 0 aliphatic heterocycles. The van der Waals surface area contributed by atoms with E-state index in [0.29, 0.717) is 5.92 Å². The van der Waals surface area contributed by atoms with Crippen molar-refractivity contribution in [3.05, 3.63) is 95.9 Å². The van der Waals surface area contributed by atoms with Crippen LogP contribution in [0, 0.1) is 0 Å². The Balaban J connectivity index is 1.68. The molecule has 0 amide bonds. The minimum atomic E-state index is 0.523. The molecular formula is C28H22N2S. The number of aromatic nitrogens is 2. The molecule has 2 aromatic heterocycles. The van der Waals surface area contributed by atoms with Crippen molar-refractivity contribution in [1.29, 1.82) is 0 Å². The molecule has 0 N–H and O–H groups in total. The summed E-state index contributed by atoms with van der Waals surface area (Å²) >= 11 is 1.80. The van der Waals surface area contributed by atoms with Crippen LogP contribution in [0.2, 0.25) is 0 Å². The lowest BCUT2D eigenvalue weighted by Gasteiger charge is -2.12. The van der Waals surface area contributed by atoms with Crippen molar-refractivity contribution in [1.82, 2.24) is 9.55 Å². The molecule has 0 radical (unpaired) electrons. The van der Waals surface area contributed by atoms with Crippen LogP contribution in [-0.4, -0.2) is 9.55 Å². The number of hydrogen-bond donors (Lipinski definition) is 0. The molecule has 3 heteroatoms. The van der Waals surface area contributed by atoms with Crippen molar-refractivity contribution >= 4 is 43.2 Å². The van der Waals surface area contributed by atoms with Gasteiger partial charge in [-0.05, 0) is 41.1 Å². The van der Waals surface area contributed by atoms with Gasteiger partial charge in [0.05, 0.1) is 16.7 Å². The van der Waals surface area contributed by atoms with E-state index in [4.69, 9.17) is 4.98 Å². The van der Waals surface area contributed by atoms with Crippen LogP contribution in [-0.2, 0) is 0 Å². The minimum absolute atomic E-state index is 0.523. The Morgan fingerprint density at radius 2 is 1.61 bits per heavy atom. The van der Waals surface area contributed by atoms with Gasteiger partial charge in [-0.25, -0.2) is 4.98 Å². The minimum Gasteiger partial charge on any atom is -0.292 e. The molecule has 4 aromatic carbocycles. The number of para-hydroxylation sites is 2. The topological polar surface area (TPSA) is 17.8 Å². The van der Waals surface area contributed by atoms with E-state index in [1.807, 2.05) is 0 Å². The van der Waals surface area contributed by atoms with Crippen molar-refractivity contribution < 1.29 is 0 Å². The molecule has 0 spiro atoms. The highest BCUT2D eigenvalue weighted by Gasteiger charge is 2.19. The molecule has 6 rings (SSSR count). The number of benzene rings is 4. The first-order valence-electron chi connectivity index (χ1n) is 10.7. The first kappa shape index (κ1) is 18.3. The molecule has 0 saturated heterocycles. The van der Waals surface area contributed by atoms with E-state index >= 15 is 0 Å². The predicted octanol–water partition coefficient (Wildman–Crippen LogP) is 8.18. The maximum Gasteiger partial charge on any atom is 0.147 e. The van der Waals surface area contributed by atoms with Crippen LogP contribution in [0.5, 0.6) is 0 Å². The molecule has 31 heavy (non-hydrogen) atoms. The molecule has 150 valence electrons. The lowest BCUT2D eigenvalue weighted by molar-refractivity contribution is 0.869. The molecule has 0 fully saturated rings. The summed E-state index contributed by atoms with van der Waals surface area (Å²) in [4.78, 5) is 5.12. The first-order chi connectivity index (χ1) is 15.2. The maximum absolute atomic E-state index is 5.12. The molecule has 2 heterocycles. The van der Waals surface area contributed by atoms with Crippen molar-refractivity contribution in [2.45, 2.75) is 19.8 Å². The summed E-state index contributed by atoms with van der Waals surface area (Å²) in [6, 6.07) is 30.4. The van der Waals surface area contributed by atoms with Crippen molar-refractivity contribution in [3.8, 4) is 17.1 Å². The Morgan fingerprint density at radius 3 is 2.52 bits per heavy atom. The Hall–Kier alpha value is -3.43. The van der Waals surface area contributed by atoms with Crippen molar-refractivity contribution in [3.63, 3.8) is 0 Å². The van der Waals surface area contributed by atoms with Gasteiger partial charge in [-0.15, -0.1) is 11.3 Å². The summed E-state index contributed by atoms with van der Waals surface area (Å²) in [5.74, 6) is 1.52. The Kier molecular flexibility index (Phi) is 4.18. The molecule has 0 saturated carbocycles. The highest BCUT2D eigenvalue weighted by atomic mass is 32.1. The summed E-state index contributed by atoms with van der Waals surface area (Å²) in [5.41, 5.74) is 5.89. The Labute approximate surface area is 185 Å². The highest BCUT2D eigenvalue weighted by molar-refractivity contribution is 7.17. The molecular weight excluding hydrogens is 396 g/mol. The zero-order chi connectivity index (χ0) is 20.9. The monoisotopic (exact) mass is 418 g/mol. The second-order valence-electron chi connectivity index (χ2n) is 8.32. The summed E-state index contributed by atoms with van der Waals surface area (Å²) < 4.78 is 3.65. The fourth-order valence-electron chi connectivity index (χ4n) is 4.43. The van der Waals surface area contributed by atoms with Gasteiger partial charge in [-0.1, -0.05) is 74.5 Å². The predicted molar refractivity (Wildman–Crippen MR) is 133 cm³/mol. The quantitative estimate of drug-likeness (QED) is 0.283. The van der Waals surface area contributed by atoms with E-state index in [1.165, 1.54) is 37.7 Å². The molecule has 0 atom stereocenters. The van der Waals surface area contributed by atoms with Crippen molar-refractivity contribution in [2.24, 2.45) is 0 Å². The van der Waals surface area contributed by atoms with Gasteiger partial charge in [0.1, 0.15) is 5.82 Å². The SMILES string of the molecule is CC(C)c1ccc2c(-c3nc4ccccc4n3-c3cccc4ccccc34)csc2c1. The zero-order valence-electron chi connectivity index (χ0n) is 17.5. The second kappa shape index (κ2) is 7.07. The van der Waals surface area contributed by atoms with E-state index in [2.05, 4.69) is 109 Å². The van der Waals surface area contributed by atoms with Gasteiger partial charge in [0.25, 0.3) is 0 Å². The highest BCUT2D eigenvalue weighted by Crippen LogP contribution is 2.39. The molecule has 2 nitrogen and oxygen atoms in total. The van der Waals surface area contributed by atoms with Crippen LogP contribution < -0.4 is 0 Å². The van der Waals surface area contributed by atoms with Crippen LogP contribution in [0.4, 0.5) is 0 Å². The van der Waals surface area contributed by atoms with Gasteiger partial charge < -0.3 is 0 Å². The maximum atomic E-state index is 5.12. The summed E-state index contributed by atoms with van der Waals surface area (Å²) in [6.07, 6.45) is 0. The number of rotatable bonds is 3. The number of thiophene rings is 1. The van der Waals surface area contributed by atoms with E-state index < -0.39 is 0 Å². The fraction of sp³-hybridized carbons (Fsp3) is 0.107. The molecule has 0 aliphatic rings. The van der Waals surface area contributed by atoms with Gasteiger partial charge in [0.2, 0.25) is 0 Å². The van der Waals surface area contributed by atoms with Crippen LogP contribution in [0.1, 0.15) is 25.3 Å². The molecule has 0 aliphatic carbocycles. The fourth-order valence-corrected chi connectivity index (χ4v) is 5.42. The average Bonchev–Trinajstić information content (AvgIpc) is 3.39. The van der Waals surface area contributed by atoms with Gasteiger partial charge in [-0.3, -0.25) is 4.57 Å². The number of fused-ring (bicyclic) bond motifs is 3. The number of imidazole rings is 1. The smallest absolute Gasteiger partial charge is 0.147 e. The van der Waals surface area contributed by atoms with E-state index in [9.17, 15) is 0 Å². The zero-order valence-corrected chi connectivity index (χ0v) is 18.4. The molecule has 6 aromatic rings. The second-order valence-corrected chi connectivity index (χ2v) is 9.23. The van der Waals surface area contributed by atoms with Crippen LogP contribution in [0.3, 0.4) is 0 Å². The third kappa shape index (κ3) is 2.88. The van der Waals surface area contributed by atoms with Gasteiger partial charge >= 0.3 is 0 Å². The largest absolute Gasteiger partial charge is 0.292 e. The first-order valence-corrected chi connectivity index (χ1v) is 11.6. The lowest BCUT2D eigenvalue weighted by Crippen LogP contribution is -1.98. The van der Waals surface area contributed by atoms with Crippen LogP contribution in [0.25, 0.3) is 49.0 Å². The summed E-state index contributed by atoms with van der Waals surface area (Å²) in [6.45, 7) is 4.49. The van der Waals surface area contributed by atoms with Gasteiger partial charge in [0.15, 0.2) is 0 Å². The molecule has 0 bridgehead atoms.